The Labute approximate surface area is 121 Å². The van der Waals surface area contributed by atoms with Crippen molar-refractivity contribution >= 4 is 15.9 Å². The van der Waals surface area contributed by atoms with Crippen molar-refractivity contribution in [2.24, 2.45) is 5.73 Å². The maximum atomic E-state index is 6.37. The second kappa shape index (κ2) is 5.39. The summed E-state index contributed by atoms with van der Waals surface area (Å²) in [6.45, 7) is 5.95. The zero-order chi connectivity index (χ0) is 14.2. The standard InChI is InChI=1S/C15H18BrNO2/c1-8-9(2)19-10(3)14(8)15(17)11-5-6-13(18-4)12(16)7-11/h5-7,15H,17H2,1-4H3. The van der Waals surface area contributed by atoms with Gasteiger partial charge in [0.15, 0.2) is 0 Å². The largest absolute Gasteiger partial charge is 0.496 e. The number of aryl methyl sites for hydroxylation is 2. The minimum absolute atomic E-state index is 0.195. The number of ether oxygens (including phenoxy) is 1. The first-order valence-corrected chi connectivity index (χ1v) is 6.90. The Morgan fingerprint density at radius 2 is 1.89 bits per heavy atom. The molecule has 2 rings (SSSR count). The van der Waals surface area contributed by atoms with Gasteiger partial charge in [-0.05, 0) is 60.0 Å². The highest BCUT2D eigenvalue weighted by atomic mass is 79.9. The summed E-state index contributed by atoms with van der Waals surface area (Å²) in [5.74, 6) is 2.61. The van der Waals surface area contributed by atoms with Crippen LogP contribution in [0.15, 0.2) is 27.1 Å². The highest BCUT2D eigenvalue weighted by Crippen LogP contribution is 2.33. The van der Waals surface area contributed by atoms with Crippen molar-refractivity contribution in [2.75, 3.05) is 7.11 Å². The van der Waals surface area contributed by atoms with Gasteiger partial charge in [0.2, 0.25) is 0 Å². The number of nitrogens with two attached hydrogens (primary N) is 1. The van der Waals surface area contributed by atoms with Crippen LogP contribution in [0.5, 0.6) is 5.75 Å². The number of halogens is 1. The fraction of sp³-hybridized carbons (Fsp3) is 0.333. The first kappa shape index (κ1) is 14.2. The lowest BCUT2D eigenvalue weighted by molar-refractivity contribution is 0.412. The number of hydrogen-bond acceptors (Lipinski definition) is 3. The lowest BCUT2D eigenvalue weighted by Crippen LogP contribution is -2.13. The maximum Gasteiger partial charge on any atom is 0.133 e. The number of rotatable bonds is 3. The van der Waals surface area contributed by atoms with Crippen molar-refractivity contribution in [3.63, 3.8) is 0 Å². The van der Waals surface area contributed by atoms with Crippen molar-refractivity contribution in [1.82, 2.24) is 0 Å². The average Bonchev–Trinajstić information content (AvgIpc) is 2.62. The molecular weight excluding hydrogens is 306 g/mol. The minimum Gasteiger partial charge on any atom is -0.496 e. The first-order valence-electron chi connectivity index (χ1n) is 6.11. The van der Waals surface area contributed by atoms with Gasteiger partial charge in [-0.15, -0.1) is 0 Å². The molecule has 2 aromatic rings. The highest BCUT2D eigenvalue weighted by molar-refractivity contribution is 9.10. The van der Waals surface area contributed by atoms with Gasteiger partial charge in [0.1, 0.15) is 17.3 Å². The summed E-state index contributed by atoms with van der Waals surface area (Å²) < 4.78 is 11.8. The Morgan fingerprint density at radius 3 is 2.37 bits per heavy atom. The van der Waals surface area contributed by atoms with E-state index >= 15 is 0 Å². The smallest absolute Gasteiger partial charge is 0.133 e. The summed E-state index contributed by atoms with van der Waals surface area (Å²) in [6, 6.07) is 5.69. The number of methoxy groups -OCH3 is 1. The van der Waals surface area contributed by atoms with Crippen LogP contribution in [-0.2, 0) is 0 Å². The van der Waals surface area contributed by atoms with Crippen LogP contribution in [0.4, 0.5) is 0 Å². The molecule has 1 heterocycles. The molecule has 2 N–H and O–H groups in total. The van der Waals surface area contributed by atoms with Crippen LogP contribution < -0.4 is 10.5 Å². The van der Waals surface area contributed by atoms with E-state index in [0.29, 0.717) is 0 Å². The molecule has 0 aliphatic rings. The summed E-state index contributed by atoms with van der Waals surface area (Å²) in [4.78, 5) is 0. The van der Waals surface area contributed by atoms with E-state index in [-0.39, 0.29) is 6.04 Å². The molecule has 0 aliphatic carbocycles. The van der Waals surface area contributed by atoms with Crippen LogP contribution in [0.1, 0.15) is 34.3 Å². The summed E-state index contributed by atoms with van der Waals surface area (Å²) in [7, 11) is 1.65. The Balaban J connectivity index is 2.44. The number of furan rings is 1. The van der Waals surface area contributed by atoms with Crippen LogP contribution in [-0.4, -0.2) is 7.11 Å². The third-order valence-corrected chi connectivity index (χ3v) is 4.08. The van der Waals surface area contributed by atoms with Gasteiger partial charge in [0, 0.05) is 5.56 Å². The molecule has 102 valence electrons. The van der Waals surface area contributed by atoms with E-state index in [2.05, 4.69) is 15.9 Å². The van der Waals surface area contributed by atoms with E-state index in [4.69, 9.17) is 14.9 Å². The average molecular weight is 324 g/mol. The fourth-order valence-corrected chi connectivity index (χ4v) is 2.87. The quantitative estimate of drug-likeness (QED) is 0.927. The Morgan fingerprint density at radius 1 is 1.21 bits per heavy atom. The predicted molar refractivity (Wildman–Crippen MR) is 79.6 cm³/mol. The predicted octanol–water partition coefficient (Wildman–Crippen LogP) is 4.02. The molecule has 0 spiro atoms. The molecular formula is C15H18BrNO2. The zero-order valence-electron chi connectivity index (χ0n) is 11.6. The lowest BCUT2D eigenvalue weighted by Gasteiger charge is -2.14. The number of hydrogen-bond donors (Lipinski definition) is 1. The monoisotopic (exact) mass is 323 g/mol. The third-order valence-electron chi connectivity index (χ3n) is 3.46. The molecule has 1 aromatic heterocycles. The molecule has 3 nitrogen and oxygen atoms in total. The van der Waals surface area contributed by atoms with Crippen molar-refractivity contribution < 1.29 is 9.15 Å². The van der Waals surface area contributed by atoms with Gasteiger partial charge in [-0.3, -0.25) is 0 Å². The van der Waals surface area contributed by atoms with E-state index in [1.54, 1.807) is 7.11 Å². The van der Waals surface area contributed by atoms with Crippen LogP contribution in [0.2, 0.25) is 0 Å². The van der Waals surface area contributed by atoms with Gasteiger partial charge < -0.3 is 14.9 Å². The van der Waals surface area contributed by atoms with E-state index in [1.807, 2.05) is 39.0 Å². The van der Waals surface area contributed by atoms with E-state index in [1.165, 1.54) is 0 Å². The molecule has 0 saturated heterocycles. The van der Waals surface area contributed by atoms with Gasteiger partial charge in [-0.2, -0.15) is 0 Å². The van der Waals surface area contributed by atoms with Crippen LogP contribution in [0.25, 0.3) is 0 Å². The van der Waals surface area contributed by atoms with E-state index in [9.17, 15) is 0 Å². The Kier molecular flexibility index (Phi) is 4.02. The molecule has 1 atom stereocenters. The second-order valence-electron chi connectivity index (χ2n) is 4.62. The molecule has 0 fully saturated rings. The number of benzene rings is 1. The molecule has 0 radical (unpaired) electrons. The van der Waals surface area contributed by atoms with Crippen LogP contribution >= 0.6 is 15.9 Å². The van der Waals surface area contributed by atoms with Gasteiger partial charge in [-0.25, -0.2) is 0 Å². The zero-order valence-corrected chi connectivity index (χ0v) is 13.2. The fourth-order valence-electron chi connectivity index (χ4n) is 2.31. The van der Waals surface area contributed by atoms with Crippen molar-refractivity contribution in [3.8, 4) is 5.75 Å². The Bertz CT molecular complexity index is 604. The SMILES string of the molecule is COc1ccc(C(N)c2c(C)oc(C)c2C)cc1Br. The summed E-state index contributed by atoms with van der Waals surface area (Å²) in [5.41, 5.74) is 9.58. The maximum absolute atomic E-state index is 6.37. The third kappa shape index (κ3) is 2.55. The molecule has 4 heteroatoms. The highest BCUT2D eigenvalue weighted by Gasteiger charge is 2.20. The first-order chi connectivity index (χ1) is 8.95. The molecule has 0 bridgehead atoms. The molecule has 0 amide bonds. The van der Waals surface area contributed by atoms with Gasteiger partial charge in [0.05, 0.1) is 17.6 Å². The van der Waals surface area contributed by atoms with Crippen LogP contribution in [0.3, 0.4) is 0 Å². The van der Waals surface area contributed by atoms with Gasteiger partial charge in [0.25, 0.3) is 0 Å². The lowest BCUT2D eigenvalue weighted by atomic mass is 9.96. The van der Waals surface area contributed by atoms with Crippen molar-refractivity contribution in [2.45, 2.75) is 26.8 Å². The minimum atomic E-state index is -0.195. The summed E-state index contributed by atoms with van der Waals surface area (Å²) >= 11 is 3.49. The van der Waals surface area contributed by atoms with Gasteiger partial charge >= 0.3 is 0 Å². The molecule has 0 saturated carbocycles. The molecule has 1 unspecified atom stereocenters. The summed E-state index contributed by atoms with van der Waals surface area (Å²) in [6.07, 6.45) is 0. The molecule has 1 aromatic carbocycles. The molecule has 0 aliphatic heterocycles. The second-order valence-corrected chi connectivity index (χ2v) is 5.48. The summed E-state index contributed by atoms with van der Waals surface area (Å²) in [5, 5.41) is 0. The normalized spacial score (nSPS) is 12.5. The molecule has 19 heavy (non-hydrogen) atoms. The topological polar surface area (TPSA) is 48.4 Å². The van der Waals surface area contributed by atoms with E-state index in [0.717, 1.165) is 38.4 Å². The van der Waals surface area contributed by atoms with Crippen molar-refractivity contribution in [1.29, 1.82) is 0 Å². The van der Waals surface area contributed by atoms with Gasteiger partial charge in [-0.1, -0.05) is 6.07 Å². The van der Waals surface area contributed by atoms with Crippen LogP contribution in [0, 0.1) is 20.8 Å². The van der Waals surface area contributed by atoms with E-state index < -0.39 is 0 Å². The Hall–Kier alpha value is -1.26. The van der Waals surface area contributed by atoms with Crippen molar-refractivity contribution in [3.05, 3.63) is 50.9 Å².